The number of amides is 2. The molecule has 1 saturated carbocycles. The largest absolute Gasteiger partial charge is 0.352 e. The molecule has 1 aromatic rings. The van der Waals surface area contributed by atoms with Crippen molar-refractivity contribution in [2.45, 2.75) is 51.1 Å². The van der Waals surface area contributed by atoms with Crippen LogP contribution < -0.4 is 5.32 Å². The zero-order valence-corrected chi connectivity index (χ0v) is 16.7. The highest BCUT2D eigenvalue weighted by Crippen LogP contribution is 2.32. The zero-order valence-electron chi connectivity index (χ0n) is 16.7. The molecule has 29 heavy (non-hydrogen) atoms. The normalized spacial score (nSPS) is 23.8. The van der Waals surface area contributed by atoms with Crippen molar-refractivity contribution in [1.29, 1.82) is 0 Å². The van der Waals surface area contributed by atoms with Gasteiger partial charge in [-0.15, -0.1) is 0 Å². The van der Waals surface area contributed by atoms with E-state index in [1.54, 1.807) is 0 Å². The van der Waals surface area contributed by atoms with Crippen molar-refractivity contribution in [1.82, 2.24) is 15.1 Å². The van der Waals surface area contributed by atoms with Gasteiger partial charge < -0.3 is 10.2 Å². The van der Waals surface area contributed by atoms with Gasteiger partial charge in [-0.05, 0) is 62.8 Å². The standard InChI is InChI=1S/C22H29F2N3O2/c23-19-6-3-15(12-20(19)24)13-25-21(28)17-2-1-9-27(14-17)18-7-10-26(11-8-18)22(29)16-4-5-16/h3,6,12,16-18H,1-2,4-5,7-11,13-14H2,(H,25,28)/t17-/m1/s1. The van der Waals surface area contributed by atoms with Crippen LogP contribution in [0.1, 0.15) is 44.1 Å². The molecule has 7 heteroatoms. The maximum absolute atomic E-state index is 13.3. The minimum Gasteiger partial charge on any atom is -0.352 e. The van der Waals surface area contributed by atoms with E-state index in [9.17, 15) is 18.4 Å². The minimum absolute atomic E-state index is 0.0271. The molecule has 0 bridgehead atoms. The second-order valence-corrected chi connectivity index (χ2v) is 8.63. The molecule has 0 unspecified atom stereocenters. The monoisotopic (exact) mass is 405 g/mol. The Morgan fingerprint density at radius 1 is 0.966 bits per heavy atom. The fraction of sp³-hybridized carbons (Fsp3) is 0.636. The molecule has 0 radical (unpaired) electrons. The molecule has 0 spiro atoms. The number of nitrogens with one attached hydrogen (secondary N) is 1. The van der Waals surface area contributed by atoms with Gasteiger partial charge in [0.2, 0.25) is 11.8 Å². The lowest BCUT2D eigenvalue weighted by Gasteiger charge is -2.42. The summed E-state index contributed by atoms with van der Waals surface area (Å²) in [6.07, 6.45) is 5.87. The predicted octanol–water partition coefficient (Wildman–Crippen LogP) is 2.69. The third-order valence-electron chi connectivity index (χ3n) is 6.49. The summed E-state index contributed by atoms with van der Waals surface area (Å²) < 4.78 is 26.4. The zero-order chi connectivity index (χ0) is 20.4. The highest BCUT2D eigenvalue weighted by Gasteiger charge is 2.37. The van der Waals surface area contributed by atoms with Crippen LogP contribution in [0.4, 0.5) is 8.78 Å². The summed E-state index contributed by atoms with van der Waals surface area (Å²) in [7, 11) is 0. The van der Waals surface area contributed by atoms with Crippen molar-refractivity contribution < 1.29 is 18.4 Å². The van der Waals surface area contributed by atoms with Gasteiger partial charge in [-0.2, -0.15) is 0 Å². The van der Waals surface area contributed by atoms with Crippen LogP contribution in [0.15, 0.2) is 18.2 Å². The molecule has 1 aromatic carbocycles. The second kappa shape index (κ2) is 8.78. The van der Waals surface area contributed by atoms with Crippen molar-refractivity contribution >= 4 is 11.8 Å². The van der Waals surface area contributed by atoms with Crippen LogP contribution in [0.5, 0.6) is 0 Å². The molecule has 5 nitrogen and oxygen atoms in total. The van der Waals surface area contributed by atoms with Crippen molar-refractivity contribution in [2.24, 2.45) is 11.8 Å². The number of carbonyl (C=O) groups excluding carboxylic acids is 2. The number of nitrogens with zero attached hydrogens (tertiary/aromatic N) is 2. The maximum atomic E-state index is 13.3. The van der Waals surface area contributed by atoms with Gasteiger partial charge in [0.15, 0.2) is 11.6 Å². The van der Waals surface area contributed by atoms with Gasteiger partial charge in [0.1, 0.15) is 0 Å². The highest BCUT2D eigenvalue weighted by molar-refractivity contribution is 5.81. The lowest BCUT2D eigenvalue weighted by atomic mass is 9.93. The van der Waals surface area contributed by atoms with Crippen LogP contribution in [0.2, 0.25) is 0 Å². The van der Waals surface area contributed by atoms with Crippen molar-refractivity contribution in [2.75, 3.05) is 26.2 Å². The maximum Gasteiger partial charge on any atom is 0.225 e. The first-order chi connectivity index (χ1) is 14.0. The van der Waals surface area contributed by atoms with E-state index in [4.69, 9.17) is 0 Å². The molecule has 1 N–H and O–H groups in total. The van der Waals surface area contributed by atoms with Crippen LogP contribution >= 0.6 is 0 Å². The molecular weight excluding hydrogens is 376 g/mol. The SMILES string of the molecule is O=C(NCc1ccc(F)c(F)c1)[C@@H]1CCCN(C2CCN(C(=O)C3CC3)CC2)C1. The first kappa shape index (κ1) is 20.3. The van der Waals surface area contributed by atoms with Crippen molar-refractivity contribution in [3.8, 4) is 0 Å². The molecule has 2 amide bonds. The van der Waals surface area contributed by atoms with E-state index in [2.05, 4.69) is 10.2 Å². The summed E-state index contributed by atoms with van der Waals surface area (Å²) in [5.74, 6) is -1.28. The van der Waals surface area contributed by atoms with Gasteiger partial charge in [-0.3, -0.25) is 14.5 Å². The smallest absolute Gasteiger partial charge is 0.225 e. The van der Waals surface area contributed by atoms with Crippen LogP contribution in [-0.2, 0) is 16.1 Å². The Bertz CT molecular complexity index is 760. The third-order valence-corrected chi connectivity index (χ3v) is 6.49. The van der Waals surface area contributed by atoms with E-state index in [0.717, 1.165) is 76.8 Å². The number of hydrogen-bond donors (Lipinski definition) is 1. The Labute approximate surface area is 170 Å². The number of likely N-dealkylation sites (tertiary alicyclic amines) is 2. The van der Waals surface area contributed by atoms with E-state index in [1.807, 2.05) is 4.90 Å². The topological polar surface area (TPSA) is 52.7 Å². The molecule has 2 aliphatic heterocycles. The summed E-state index contributed by atoms with van der Waals surface area (Å²) in [4.78, 5) is 29.3. The van der Waals surface area contributed by atoms with Gasteiger partial charge in [0.25, 0.3) is 0 Å². The molecule has 1 aliphatic carbocycles. The molecule has 3 aliphatic rings. The number of carbonyl (C=O) groups is 2. The van der Waals surface area contributed by atoms with Crippen LogP contribution in [0.3, 0.4) is 0 Å². The lowest BCUT2D eigenvalue weighted by Crippen LogP contribution is -2.51. The van der Waals surface area contributed by atoms with Gasteiger partial charge in [0, 0.05) is 38.1 Å². The van der Waals surface area contributed by atoms with E-state index >= 15 is 0 Å². The van der Waals surface area contributed by atoms with Crippen LogP contribution in [0.25, 0.3) is 0 Å². The Kier molecular flexibility index (Phi) is 6.13. The Morgan fingerprint density at radius 3 is 2.41 bits per heavy atom. The van der Waals surface area contributed by atoms with Gasteiger partial charge in [-0.1, -0.05) is 6.07 Å². The lowest BCUT2D eigenvalue weighted by molar-refractivity contribution is -0.134. The summed E-state index contributed by atoms with van der Waals surface area (Å²) in [5, 5.41) is 2.87. The van der Waals surface area contributed by atoms with Gasteiger partial charge in [0.05, 0.1) is 5.92 Å². The summed E-state index contributed by atoms with van der Waals surface area (Å²) in [6, 6.07) is 4.13. The van der Waals surface area contributed by atoms with E-state index in [1.165, 1.54) is 6.07 Å². The fourth-order valence-corrected chi connectivity index (χ4v) is 4.58. The van der Waals surface area contributed by atoms with E-state index < -0.39 is 11.6 Å². The third kappa shape index (κ3) is 4.94. The molecule has 4 rings (SSSR count). The van der Waals surface area contributed by atoms with E-state index in [0.29, 0.717) is 17.5 Å². The average molecular weight is 405 g/mol. The molecule has 2 saturated heterocycles. The van der Waals surface area contributed by atoms with Crippen molar-refractivity contribution in [3.05, 3.63) is 35.4 Å². The van der Waals surface area contributed by atoms with Crippen LogP contribution in [-0.4, -0.2) is 53.8 Å². The predicted molar refractivity (Wildman–Crippen MR) is 105 cm³/mol. The van der Waals surface area contributed by atoms with Gasteiger partial charge in [-0.25, -0.2) is 8.78 Å². The summed E-state index contributed by atoms with van der Waals surface area (Å²) in [5.41, 5.74) is 0.553. The molecule has 3 fully saturated rings. The number of halogens is 2. The summed E-state index contributed by atoms with van der Waals surface area (Å²) >= 11 is 0. The summed E-state index contributed by atoms with van der Waals surface area (Å²) in [6.45, 7) is 3.57. The Morgan fingerprint density at radius 2 is 1.72 bits per heavy atom. The number of piperidine rings is 2. The van der Waals surface area contributed by atoms with E-state index in [-0.39, 0.29) is 24.3 Å². The number of rotatable bonds is 5. The minimum atomic E-state index is -0.896. The second-order valence-electron chi connectivity index (χ2n) is 8.63. The number of benzene rings is 1. The first-order valence-electron chi connectivity index (χ1n) is 10.8. The molecule has 158 valence electrons. The molecule has 2 heterocycles. The quantitative estimate of drug-likeness (QED) is 0.820. The average Bonchev–Trinajstić information content (AvgIpc) is 3.59. The Balaban J connectivity index is 1.25. The van der Waals surface area contributed by atoms with Gasteiger partial charge >= 0.3 is 0 Å². The van der Waals surface area contributed by atoms with Crippen LogP contribution in [0, 0.1) is 23.5 Å². The first-order valence-corrected chi connectivity index (χ1v) is 10.8. The Hall–Kier alpha value is -2.02. The number of hydrogen-bond acceptors (Lipinski definition) is 3. The molecule has 1 atom stereocenters. The molecular formula is C22H29F2N3O2. The fourth-order valence-electron chi connectivity index (χ4n) is 4.58. The highest BCUT2D eigenvalue weighted by atomic mass is 19.2. The molecule has 0 aromatic heterocycles. The van der Waals surface area contributed by atoms with Crippen molar-refractivity contribution in [3.63, 3.8) is 0 Å².